The molecule has 5 rings (SSSR count). The number of H-pyrrole nitrogens is 1. The van der Waals surface area contributed by atoms with Gasteiger partial charge in [0.1, 0.15) is 16.5 Å². The molecule has 1 aliphatic carbocycles. The number of hydrogen-bond acceptors (Lipinski definition) is 5. The molecule has 0 spiro atoms. The van der Waals surface area contributed by atoms with Gasteiger partial charge >= 0.3 is 0 Å². The van der Waals surface area contributed by atoms with Crippen molar-refractivity contribution in [1.29, 1.82) is 0 Å². The van der Waals surface area contributed by atoms with E-state index in [0.717, 1.165) is 58.1 Å². The van der Waals surface area contributed by atoms with Gasteiger partial charge in [0.25, 0.3) is 10.0 Å². The van der Waals surface area contributed by atoms with Gasteiger partial charge in [0.2, 0.25) is 0 Å². The van der Waals surface area contributed by atoms with Crippen LogP contribution in [-0.2, 0) is 14.8 Å². The van der Waals surface area contributed by atoms with E-state index in [0.29, 0.717) is 32.7 Å². The first-order valence-electron chi connectivity index (χ1n) is 11.6. The molecule has 2 N–H and O–H groups in total. The molecule has 0 atom stereocenters. The molecule has 188 valence electrons. The fraction of sp³-hybridized carbons (Fsp3) is 0.417. The largest absolute Gasteiger partial charge is 0.490 e. The number of aromatic amines is 1. The molecule has 0 radical (unpaired) electrons. The summed E-state index contributed by atoms with van der Waals surface area (Å²) < 4.78 is 54.7. The van der Waals surface area contributed by atoms with Gasteiger partial charge in [0.15, 0.2) is 0 Å². The minimum absolute atomic E-state index is 0.0211. The average molecular weight is 542 g/mol. The number of ether oxygens (including phenoxy) is 2. The van der Waals surface area contributed by atoms with Crippen LogP contribution in [0.3, 0.4) is 0 Å². The zero-order valence-corrected chi connectivity index (χ0v) is 21.2. The predicted molar refractivity (Wildman–Crippen MR) is 135 cm³/mol. The summed E-state index contributed by atoms with van der Waals surface area (Å²) in [5, 5.41) is 1.22. The molecule has 1 saturated carbocycles. The van der Waals surface area contributed by atoms with Gasteiger partial charge in [-0.1, -0.05) is 23.2 Å². The van der Waals surface area contributed by atoms with Crippen molar-refractivity contribution in [3.63, 3.8) is 0 Å². The lowest BCUT2D eigenvalue weighted by atomic mass is 9.91. The highest BCUT2D eigenvalue weighted by Crippen LogP contribution is 2.36. The molecule has 0 amide bonds. The monoisotopic (exact) mass is 541 g/mol. The van der Waals surface area contributed by atoms with E-state index < -0.39 is 20.7 Å². The zero-order valence-electron chi connectivity index (χ0n) is 18.9. The van der Waals surface area contributed by atoms with Crippen LogP contribution in [0.4, 0.5) is 10.1 Å². The Bertz CT molecular complexity index is 1320. The number of fused-ring (bicyclic) bond motifs is 1. The number of rotatable bonds is 6. The maximum atomic E-state index is 14.9. The quantitative estimate of drug-likeness (QED) is 0.434. The second-order valence-electron chi connectivity index (χ2n) is 8.88. The number of halogens is 3. The SMILES string of the molecule is O=S(=O)(Nc1ccc(Cl)c2c(Cl)c[nH]c12)c1ccc(OC2CCC(N3CCOCC3)CC2)cc1F. The number of morpholine rings is 1. The zero-order chi connectivity index (χ0) is 24.6. The summed E-state index contributed by atoms with van der Waals surface area (Å²) in [5.41, 5.74) is 0.632. The second kappa shape index (κ2) is 10.1. The summed E-state index contributed by atoms with van der Waals surface area (Å²) >= 11 is 12.3. The lowest BCUT2D eigenvalue weighted by Crippen LogP contribution is -2.46. The van der Waals surface area contributed by atoms with Gasteiger partial charge in [-0.25, -0.2) is 12.8 Å². The molecule has 3 aromatic rings. The van der Waals surface area contributed by atoms with Gasteiger partial charge in [0.05, 0.1) is 40.6 Å². The number of nitrogens with one attached hydrogen (secondary N) is 2. The Hall–Kier alpha value is -2.04. The van der Waals surface area contributed by atoms with E-state index >= 15 is 0 Å². The number of nitrogens with zero attached hydrogens (tertiary/aromatic N) is 1. The maximum absolute atomic E-state index is 14.9. The van der Waals surface area contributed by atoms with E-state index in [1.807, 2.05) is 0 Å². The van der Waals surface area contributed by atoms with Crippen molar-refractivity contribution >= 4 is 49.8 Å². The molecule has 2 aromatic carbocycles. The fourth-order valence-electron chi connectivity index (χ4n) is 4.89. The van der Waals surface area contributed by atoms with Gasteiger partial charge in [0, 0.05) is 36.8 Å². The van der Waals surface area contributed by atoms with E-state index in [1.54, 1.807) is 0 Å². The van der Waals surface area contributed by atoms with Gasteiger partial charge in [-0.05, 0) is 49.9 Å². The minimum atomic E-state index is -4.21. The van der Waals surface area contributed by atoms with E-state index in [1.165, 1.54) is 30.5 Å². The van der Waals surface area contributed by atoms with Crippen LogP contribution in [0.25, 0.3) is 10.9 Å². The molecule has 0 unspecified atom stereocenters. The van der Waals surface area contributed by atoms with E-state index in [2.05, 4.69) is 14.6 Å². The Morgan fingerprint density at radius 1 is 1.06 bits per heavy atom. The molecule has 0 bridgehead atoms. The number of sulfonamides is 1. The van der Waals surface area contributed by atoms with Crippen molar-refractivity contribution in [2.24, 2.45) is 0 Å². The van der Waals surface area contributed by atoms with Gasteiger partial charge < -0.3 is 14.5 Å². The molecule has 2 aliphatic rings. The Kier molecular flexibility index (Phi) is 7.14. The van der Waals surface area contributed by atoms with Crippen LogP contribution in [0.15, 0.2) is 41.4 Å². The summed E-state index contributed by atoms with van der Waals surface area (Å²) in [6, 6.07) is 7.41. The lowest BCUT2D eigenvalue weighted by molar-refractivity contribution is -0.00106. The highest BCUT2D eigenvalue weighted by molar-refractivity contribution is 7.92. The molecule has 35 heavy (non-hydrogen) atoms. The first-order chi connectivity index (χ1) is 16.8. The molecule has 11 heteroatoms. The van der Waals surface area contributed by atoms with Crippen LogP contribution in [-0.4, -0.2) is 56.8 Å². The first-order valence-corrected chi connectivity index (χ1v) is 13.8. The van der Waals surface area contributed by atoms with Crippen LogP contribution >= 0.6 is 23.2 Å². The second-order valence-corrected chi connectivity index (χ2v) is 11.3. The molecule has 7 nitrogen and oxygen atoms in total. The van der Waals surface area contributed by atoms with Gasteiger partial charge in [-0.2, -0.15) is 0 Å². The van der Waals surface area contributed by atoms with Crippen LogP contribution < -0.4 is 9.46 Å². The molecular weight excluding hydrogens is 516 g/mol. The number of benzene rings is 2. The topological polar surface area (TPSA) is 83.7 Å². The smallest absolute Gasteiger partial charge is 0.264 e. The van der Waals surface area contributed by atoms with Crippen molar-refractivity contribution in [2.75, 3.05) is 31.0 Å². The third kappa shape index (κ3) is 5.24. The highest BCUT2D eigenvalue weighted by atomic mass is 35.5. The van der Waals surface area contributed by atoms with E-state index in [4.69, 9.17) is 32.7 Å². The van der Waals surface area contributed by atoms with Crippen molar-refractivity contribution < 1.29 is 22.3 Å². The molecule has 1 saturated heterocycles. The number of aromatic nitrogens is 1. The Balaban J connectivity index is 1.26. The van der Waals surface area contributed by atoms with E-state index in [-0.39, 0.29) is 11.8 Å². The van der Waals surface area contributed by atoms with Crippen molar-refractivity contribution in [3.8, 4) is 5.75 Å². The molecular formula is C24H26Cl2FN3O4S. The third-order valence-corrected chi connectivity index (χ3v) is 8.69. The minimum Gasteiger partial charge on any atom is -0.490 e. The number of hydrogen-bond donors (Lipinski definition) is 2. The van der Waals surface area contributed by atoms with Gasteiger partial charge in [-0.3, -0.25) is 9.62 Å². The predicted octanol–water partition coefficient (Wildman–Crippen LogP) is 5.44. The van der Waals surface area contributed by atoms with Crippen molar-refractivity contribution in [1.82, 2.24) is 9.88 Å². The van der Waals surface area contributed by atoms with Crippen LogP contribution in [0.5, 0.6) is 5.75 Å². The average Bonchev–Trinajstić information content (AvgIpc) is 3.24. The maximum Gasteiger partial charge on any atom is 0.264 e. The summed E-state index contributed by atoms with van der Waals surface area (Å²) in [6.45, 7) is 3.48. The normalized spacial score (nSPS) is 21.8. The molecule has 2 fully saturated rings. The van der Waals surface area contributed by atoms with Crippen LogP contribution in [0, 0.1) is 5.82 Å². The van der Waals surface area contributed by atoms with Crippen molar-refractivity contribution in [3.05, 3.63) is 52.4 Å². The summed E-state index contributed by atoms with van der Waals surface area (Å²) in [6.07, 6.45) is 5.26. The van der Waals surface area contributed by atoms with Gasteiger partial charge in [-0.15, -0.1) is 0 Å². The summed E-state index contributed by atoms with van der Waals surface area (Å²) in [5.74, 6) is -0.562. The first kappa shape index (κ1) is 24.6. The summed E-state index contributed by atoms with van der Waals surface area (Å²) in [4.78, 5) is 4.90. The highest BCUT2D eigenvalue weighted by Gasteiger charge is 2.28. The fourth-order valence-corrected chi connectivity index (χ4v) is 6.58. The molecule has 1 aromatic heterocycles. The lowest BCUT2D eigenvalue weighted by Gasteiger charge is -2.38. The Labute approximate surface area is 213 Å². The Morgan fingerprint density at radius 3 is 2.51 bits per heavy atom. The third-order valence-electron chi connectivity index (χ3n) is 6.68. The standard InChI is InChI=1S/C24H26Cl2FN3O4S/c25-18-6-7-21(24-23(18)19(26)14-28-24)29-35(31,32)22-8-5-17(13-20(22)27)34-16-3-1-15(2-4-16)30-9-11-33-12-10-30/h5-8,13-16,28-29H,1-4,9-12H2. The molecule has 2 heterocycles. The van der Waals surface area contributed by atoms with Crippen molar-refractivity contribution in [2.45, 2.75) is 42.7 Å². The Morgan fingerprint density at radius 2 is 1.80 bits per heavy atom. The number of anilines is 1. The summed E-state index contributed by atoms with van der Waals surface area (Å²) in [7, 11) is -4.21. The van der Waals surface area contributed by atoms with Crippen LogP contribution in [0.2, 0.25) is 10.0 Å². The molecule has 1 aliphatic heterocycles. The van der Waals surface area contributed by atoms with E-state index in [9.17, 15) is 12.8 Å². The van der Waals surface area contributed by atoms with Crippen LogP contribution in [0.1, 0.15) is 25.7 Å².